The van der Waals surface area contributed by atoms with Crippen LogP contribution in [-0.2, 0) is 0 Å². The van der Waals surface area contributed by atoms with Gasteiger partial charge in [-0.1, -0.05) is 0 Å². The van der Waals surface area contributed by atoms with E-state index in [0.29, 0.717) is 6.04 Å². The summed E-state index contributed by atoms with van der Waals surface area (Å²) < 4.78 is 0. The first-order chi connectivity index (χ1) is 4.77. The first-order valence-electron chi connectivity index (χ1n) is 4.21. The third-order valence-corrected chi connectivity index (χ3v) is 2.62. The van der Waals surface area contributed by atoms with Crippen molar-refractivity contribution in [3.05, 3.63) is 0 Å². The molecule has 0 bridgehead atoms. The lowest BCUT2D eigenvalue weighted by atomic mass is 10.2. The third kappa shape index (κ3) is 1.06. The van der Waals surface area contributed by atoms with Crippen molar-refractivity contribution in [3.8, 4) is 0 Å². The molecule has 1 aliphatic heterocycles. The molecule has 2 fully saturated rings. The second-order valence-electron chi connectivity index (χ2n) is 3.67. The maximum absolute atomic E-state index is 9.30. The van der Waals surface area contributed by atoms with E-state index in [1.807, 2.05) is 0 Å². The number of aliphatic hydroxyl groups is 1. The van der Waals surface area contributed by atoms with E-state index in [-0.39, 0.29) is 6.10 Å². The second-order valence-corrected chi connectivity index (χ2v) is 3.67. The fourth-order valence-corrected chi connectivity index (χ4v) is 1.94. The minimum atomic E-state index is -0.0457. The molecule has 0 spiro atoms. The number of nitrogens with zero attached hydrogens (tertiary/aromatic N) is 1. The summed E-state index contributed by atoms with van der Waals surface area (Å²) in [7, 11) is 0. The van der Waals surface area contributed by atoms with Gasteiger partial charge in [0.15, 0.2) is 0 Å². The SMILES string of the molecule is CC1C[C@@H](O)CN1C1CC1. The van der Waals surface area contributed by atoms with Crippen molar-refractivity contribution >= 4 is 0 Å². The van der Waals surface area contributed by atoms with E-state index >= 15 is 0 Å². The Labute approximate surface area is 61.8 Å². The molecule has 2 heteroatoms. The fourth-order valence-electron chi connectivity index (χ4n) is 1.94. The lowest BCUT2D eigenvalue weighted by Crippen LogP contribution is -2.29. The van der Waals surface area contributed by atoms with Crippen molar-refractivity contribution in [1.29, 1.82) is 0 Å². The molecular weight excluding hydrogens is 126 g/mol. The molecule has 2 aliphatic rings. The van der Waals surface area contributed by atoms with Gasteiger partial charge in [-0.15, -0.1) is 0 Å². The van der Waals surface area contributed by atoms with Gasteiger partial charge in [-0.3, -0.25) is 4.90 Å². The molecule has 2 atom stereocenters. The number of β-amino-alcohol motifs (C(OH)–C–C–N with tert-alkyl or cyclic N) is 1. The Hall–Kier alpha value is -0.0800. The van der Waals surface area contributed by atoms with Gasteiger partial charge in [0, 0.05) is 18.6 Å². The van der Waals surface area contributed by atoms with Crippen LogP contribution < -0.4 is 0 Å². The summed E-state index contributed by atoms with van der Waals surface area (Å²) in [5.74, 6) is 0. The highest BCUT2D eigenvalue weighted by atomic mass is 16.3. The zero-order valence-electron chi connectivity index (χ0n) is 6.45. The quantitative estimate of drug-likeness (QED) is 0.578. The van der Waals surface area contributed by atoms with Crippen LogP contribution in [0.5, 0.6) is 0 Å². The van der Waals surface area contributed by atoms with Gasteiger partial charge in [0.05, 0.1) is 6.10 Å². The molecule has 58 valence electrons. The minimum absolute atomic E-state index is 0.0457. The van der Waals surface area contributed by atoms with Crippen LogP contribution in [0.25, 0.3) is 0 Å². The van der Waals surface area contributed by atoms with Gasteiger partial charge >= 0.3 is 0 Å². The maximum atomic E-state index is 9.30. The van der Waals surface area contributed by atoms with Gasteiger partial charge in [0.25, 0.3) is 0 Å². The van der Waals surface area contributed by atoms with E-state index in [2.05, 4.69) is 11.8 Å². The van der Waals surface area contributed by atoms with Crippen molar-refractivity contribution < 1.29 is 5.11 Å². The van der Waals surface area contributed by atoms with E-state index in [1.54, 1.807) is 0 Å². The van der Waals surface area contributed by atoms with Crippen LogP contribution in [0, 0.1) is 0 Å². The summed E-state index contributed by atoms with van der Waals surface area (Å²) in [6.45, 7) is 3.14. The number of rotatable bonds is 1. The average Bonchev–Trinajstić information content (AvgIpc) is 2.61. The maximum Gasteiger partial charge on any atom is 0.0682 e. The highest BCUT2D eigenvalue weighted by Crippen LogP contribution is 2.32. The number of aliphatic hydroxyl groups excluding tert-OH is 1. The van der Waals surface area contributed by atoms with Crippen molar-refractivity contribution in [2.45, 2.75) is 44.4 Å². The zero-order valence-corrected chi connectivity index (χ0v) is 6.45. The molecule has 0 aromatic carbocycles. The Morgan fingerprint density at radius 2 is 2.10 bits per heavy atom. The number of hydrogen-bond donors (Lipinski definition) is 1. The van der Waals surface area contributed by atoms with Crippen LogP contribution in [0.4, 0.5) is 0 Å². The molecule has 1 saturated heterocycles. The molecule has 10 heavy (non-hydrogen) atoms. The molecule has 0 aromatic heterocycles. The summed E-state index contributed by atoms with van der Waals surface area (Å²) in [4.78, 5) is 2.45. The Bertz CT molecular complexity index is 133. The fraction of sp³-hybridized carbons (Fsp3) is 1.00. The molecule has 1 N–H and O–H groups in total. The van der Waals surface area contributed by atoms with E-state index in [1.165, 1.54) is 12.8 Å². The van der Waals surface area contributed by atoms with Gasteiger partial charge in [-0.2, -0.15) is 0 Å². The van der Waals surface area contributed by atoms with E-state index in [0.717, 1.165) is 19.0 Å². The van der Waals surface area contributed by atoms with Crippen molar-refractivity contribution in [3.63, 3.8) is 0 Å². The lowest BCUT2D eigenvalue weighted by Gasteiger charge is -2.19. The molecule has 1 heterocycles. The highest BCUT2D eigenvalue weighted by molar-refractivity contribution is 4.93. The van der Waals surface area contributed by atoms with Crippen LogP contribution in [0.3, 0.4) is 0 Å². The Kier molecular flexibility index (Phi) is 1.46. The van der Waals surface area contributed by atoms with E-state index in [9.17, 15) is 5.11 Å². The topological polar surface area (TPSA) is 23.5 Å². The standard InChI is InChI=1S/C8H15NO/c1-6-4-8(10)5-9(6)7-2-3-7/h6-8,10H,2-5H2,1H3/t6?,8-/m1/s1. The minimum Gasteiger partial charge on any atom is -0.392 e. The normalized spacial score (nSPS) is 42.6. The zero-order chi connectivity index (χ0) is 7.14. The largest absolute Gasteiger partial charge is 0.392 e. The summed E-state index contributed by atoms with van der Waals surface area (Å²) in [6, 6.07) is 1.45. The smallest absolute Gasteiger partial charge is 0.0682 e. The van der Waals surface area contributed by atoms with Crippen molar-refractivity contribution in [2.75, 3.05) is 6.54 Å². The molecule has 0 radical (unpaired) electrons. The van der Waals surface area contributed by atoms with Gasteiger partial charge in [0.2, 0.25) is 0 Å². The molecule has 1 unspecified atom stereocenters. The van der Waals surface area contributed by atoms with Gasteiger partial charge in [-0.05, 0) is 26.2 Å². The van der Waals surface area contributed by atoms with Crippen molar-refractivity contribution in [1.82, 2.24) is 4.90 Å². The summed E-state index contributed by atoms with van der Waals surface area (Å²) in [5, 5.41) is 9.30. The highest BCUT2D eigenvalue weighted by Gasteiger charge is 2.37. The third-order valence-electron chi connectivity index (χ3n) is 2.62. The van der Waals surface area contributed by atoms with Crippen LogP contribution >= 0.6 is 0 Å². The first kappa shape index (κ1) is 6.62. The summed E-state index contributed by atoms with van der Waals surface area (Å²) >= 11 is 0. The predicted octanol–water partition coefficient (Wildman–Crippen LogP) is 0.604. The van der Waals surface area contributed by atoms with E-state index < -0.39 is 0 Å². The second kappa shape index (κ2) is 2.21. The molecule has 2 nitrogen and oxygen atoms in total. The number of likely N-dealkylation sites (tertiary alicyclic amines) is 1. The first-order valence-corrected chi connectivity index (χ1v) is 4.21. The van der Waals surface area contributed by atoms with Crippen LogP contribution in [0.2, 0.25) is 0 Å². The molecular formula is C8H15NO. The van der Waals surface area contributed by atoms with Crippen LogP contribution in [0.15, 0.2) is 0 Å². The monoisotopic (exact) mass is 141 g/mol. The lowest BCUT2D eigenvalue weighted by molar-refractivity contribution is 0.173. The summed E-state index contributed by atoms with van der Waals surface area (Å²) in [5.41, 5.74) is 0. The van der Waals surface area contributed by atoms with Gasteiger partial charge < -0.3 is 5.11 Å². The molecule has 1 saturated carbocycles. The van der Waals surface area contributed by atoms with Crippen LogP contribution in [0.1, 0.15) is 26.2 Å². The molecule has 1 aliphatic carbocycles. The Morgan fingerprint density at radius 1 is 1.40 bits per heavy atom. The molecule has 0 amide bonds. The van der Waals surface area contributed by atoms with Crippen LogP contribution in [-0.4, -0.2) is 34.7 Å². The summed E-state index contributed by atoms with van der Waals surface area (Å²) in [6.07, 6.45) is 3.65. The van der Waals surface area contributed by atoms with Gasteiger partial charge in [0.1, 0.15) is 0 Å². The predicted molar refractivity (Wildman–Crippen MR) is 39.8 cm³/mol. The van der Waals surface area contributed by atoms with Gasteiger partial charge in [-0.25, -0.2) is 0 Å². The molecule has 0 aromatic rings. The average molecular weight is 141 g/mol. The van der Waals surface area contributed by atoms with E-state index in [4.69, 9.17) is 0 Å². The molecule has 2 rings (SSSR count). The Balaban J connectivity index is 1.95. The van der Waals surface area contributed by atoms with Crippen molar-refractivity contribution in [2.24, 2.45) is 0 Å². The number of hydrogen-bond acceptors (Lipinski definition) is 2. The Morgan fingerprint density at radius 3 is 2.50 bits per heavy atom.